The van der Waals surface area contributed by atoms with E-state index in [0.29, 0.717) is 0 Å². The first-order valence-corrected chi connectivity index (χ1v) is 5.48. The summed E-state index contributed by atoms with van der Waals surface area (Å²) in [4.78, 5) is 5.05. The molecule has 5 nitrogen and oxygen atoms in total. The van der Waals surface area contributed by atoms with Gasteiger partial charge in [-0.05, 0) is 12.1 Å². The molecule has 1 rings (SSSR count). The average Bonchev–Trinajstić information content (AvgIpc) is 2.36. The van der Waals surface area contributed by atoms with Crippen LogP contribution >= 0.6 is 0 Å². The van der Waals surface area contributed by atoms with Gasteiger partial charge in [0.1, 0.15) is 17.3 Å². The molecule has 0 radical (unpaired) electrons. The number of hydrogen-bond acceptors (Lipinski definition) is 4. The maximum atomic E-state index is 12.5. The zero-order valence-electron chi connectivity index (χ0n) is 10.5. The number of halogens is 3. The fourth-order valence-electron chi connectivity index (χ4n) is 1.49. The van der Waals surface area contributed by atoms with Crippen LogP contribution in [0.2, 0.25) is 0 Å². The van der Waals surface area contributed by atoms with Crippen molar-refractivity contribution in [3.63, 3.8) is 0 Å². The highest BCUT2D eigenvalue weighted by atomic mass is 19.4. The number of amidine groups is 1. The molecule has 1 aromatic heterocycles. The third-order valence-corrected chi connectivity index (χ3v) is 2.58. The Morgan fingerprint density at radius 3 is 2.68 bits per heavy atom. The second-order valence-electron chi connectivity index (χ2n) is 4.19. The van der Waals surface area contributed by atoms with E-state index in [4.69, 9.17) is 10.9 Å². The fourth-order valence-corrected chi connectivity index (χ4v) is 1.49. The van der Waals surface area contributed by atoms with Crippen molar-refractivity contribution in [2.24, 2.45) is 16.8 Å². The van der Waals surface area contributed by atoms with Gasteiger partial charge in [-0.1, -0.05) is 18.1 Å². The van der Waals surface area contributed by atoms with Gasteiger partial charge in [0.15, 0.2) is 0 Å². The van der Waals surface area contributed by atoms with Gasteiger partial charge in [0.05, 0.1) is 0 Å². The molecule has 0 aliphatic carbocycles. The lowest BCUT2D eigenvalue weighted by Crippen LogP contribution is -2.33. The van der Waals surface area contributed by atoms with Crippen molar-refractivity contribution < 1.29 is 18.4 Å². The maximum Gasteiger partial charge on any atom is 0.433 e. The summed E-state index contributed by atoms with van der Waals surface area (Å²) < 4.78 is 37.6. The van der Waals surface area contributed by atoms with E-state index in [0.717, 1.165) is 6.07 Å². The van der Waals surface area contributed by atoms with Crippen molar-refractivity contribution in [3.05, 3.63) is 23.9 Å². The molecule has 0 saturated heterocycles. The quantitative estimate of drug-likeness (QED) is 0.381. The van der Waals surface area contributed by atoms with Gasteiger partial charge in [-0.25, -0.2) is 4.98 Å². The molecule has 0 amide bonds. The first kappa shape index (κ1) is 15.1. The number of rotatable bonds is 4. The minimum Gasteiger partial charge on any atom is -0.409 e. The lowest BCUT2D eigenvalue weighted by atomic mass is 10.1. The van der Waals surface area contributed by atoms with Crippen LogP contribution in [0.3, 0.4) is 0 Å². The van der Waals surface area contributed by atoms with E-state index in [1.165, 1.54) is 17.0 Å². The van der Waals surface area contributed by atoms with Crippen LogP contribution in [-0.4, -0.2) is 29.6 Å². The molecule has 8 heteroatoms. The topological polar surface area (TPSA) is 74.7 Å². The van der Waals surface area contributed by atoms with Gasteiger partial charge in [-0.15, -0.1) is 0 Å². The molecule has 1 atom stereocenters. The van der Waals surface area contributed by atoms with Crippen LogP contribution in [-0.2, 0) is 6.18 Å². The van der Waals surface area contributed by atoms with Gasteiger partial charge in [0.2, 0.25) is 0 Å². The summed E-state index contributed by atoms with van der Waals surface area (Å²) in [5.41, 5.74) is 4.46. The fraction of sp³-hybridized carbons (Fsp3) is 0.455. The monoisotopic (exact) mass is 276 g/mol. The smallest absolute Gasteiger partial charge is 0.409 e. The number of nitrogens with two attached hydrogens (primary N) is 1. The van der Waals surface area contributed by atoms with E-state index in [9.17, 15) is 13.2 Å². The van der Waals surface area contributed by atoms with E-state index < -0.39 is 11.9 Å². The number of alkyl halides is 3. The Morgan fingerprint density at radius 1 is 1.53 bits per heavy atom. The molecule has 0 aliphatic heterocycles. The Bertz CT molecular complexity index is 461. The molecule has 1 unspecified atom stereocenters. The Balaban J connectivity index is 2.86. The molecule has 1 aromatic rings. The standard InChI is InChI=1S/C11H15F3N4O/c1-7(10(15)17-19)6-18(2)9-5-3-4-8(16-9)11(12,13)14/h3-5,7,19H,6H2,1-2H3,(H2,15,17). The molecule has 0 saturated carbocycles. The van der Waals surface area contributed by atoms with Gasteiger partial charge in [-0.3, -0.25) is 0 Å². The molecule has 19 heavy (non-hydrogen) atoms. The van der Waals surface area contributed by atoms with Crippen LogP contribution in [0.1, 0.15) is 12.6 Å². The number of anilines is 1. The first-order valence-electron chi connectivity index (χ1n) is 5.48. The highest BCUT2D eigenvalue weighted by Gasteiger charge is 2.32. The number of pyridine rings is 1. The lowest BCUT2D eigenvalue weighted by molar-refractivity contribution is -0.141. The highest BCUT2D eigenvalue weighted by Crippen LogP contribution is 2.28. The van der Waals surface area contributed by atoms with Crippen molar-refractivity contribution in [2.45, 2.75) is 13.1 Å². The Hall–Kier alpha value is -1.99. The molecule has 3 N–H and O–H groups in total. The number of aromatic nitrogens is 1. The van der Waals surface area contributed by atoms with Crippen LogP contribution < -0.4 is 10.6 Å². The molecule has 0 fully saturated rings. The number of nitrogens with zero attached hydrogens (tertiary/aromatic N) is 3. The second-order valence-corrected chi connectivity index (χ2v) is 4.19. The summed E-state index contributed by atoms with van der Waals surface area (Å²) in [5, 5.41) is 11.4. The van der Waals surface area contributed by atoms with Crippen LogP contribution in [0.4, 0.5) is 19.0 Å². The third-order valence-electron chi connectivity index (χ3n) is 2.58. The maximum absolute atomic E-state index is 12.5. The average molecular weight is 276 g/mol. The predicted molar refractivity (Wildman–Crippen MR) is 65.1 cm³/mol. The zero-order valence-corrected chi connectivity index (χ0v) is 10.5. The second kappa shape index (κ2) is 5.77. The summed E-state index contributed by atoms with van der Waals surface area (Å²) in [5.74, 6) is -0.127. The number of oxime groups is 1. The van der Waals surface area contributed by atoms with Crippen molar-refractivity contribution in [1.82, 2.24) is 4.98 Å². The predicted octanol–water partition coefficient (Wildman–Crippen LogP) is 1.92. The lowest BCUT2D eigenvalue weighted by Gasteiger charge is -2.22. The Labute approximate surface area is 108 Å². The summed E-state index contributed by atoms with van der Waals surface area (Å²) in [7, 11) is 1.59. The molecular weight excluding hydrogens is 261 g/mol. The summed E-state index contributed by atoms with van der Waals surface area (Å²) in [6.45, 7) is 1.98. The van der Waals surface area contributed by atoms with Gasteiger partial charge in [-0.2, -0.15) is 13.2 Å². The highest BCUT2D eigenvalue weighted by molar-refractivity contribution is 5.82. The SMILES string of the molecule is CC(CN(C)c1cccc(C(F)(F)F)n1)C(N)=NO. The Morgan fingerprint density at radius 2 is 2.16 bits per heavy atom. The molecule has 0 aliphatic rings. The van der Waals surface area contributed by atoms with Crippen molar-refractivity contribution in [3.8, 4) is 0 Å². The largest absolute Gasteiger partial charge is 0.433 e. The van der Waals surface area contributed by atoms with E-state index in [2.05, 4.69) is 10.1 Å². The van der Waals surface area contributed by atoms with Crippen LogP contribution in [0.15, 0.2) is 23.4 Å². The van der Waals surface area contributed by atoms with Gasteiger partial charge in [0, 0.05) is 19.5 Å². The Kier molecular flexibility index (Phi) is 4.57. The van der Waals surface area contributed by atoms with Gasteiger partial charge < -0.3 is 15.8 Å². The third kappa shape index (κ3) is 4.01. The first-order chi connectivity index (χ1) is 8.75. The number of hydrogen-bond donors (Lipinski definition) is 2. The van der Waals surface area contributed by atoms with E-state index in [1.807, 2.05) is 0 Å². The molecular formula is C11H15F3N4O. The van der Waals surface area contributed by atoms with Crippen LogP contribution in [0, 0.1) is 5.92 Å². The van der Waals surface area contributed by atoms with Crippen LogP contribution in [0.5, 0.6) is 0 Å². The van der Waals surface area contributed by atoms with Crippen LogP contribution in [0.25, 0.3) is 0 Å². The molecule has 1 heterocycles. The van der Waals surface area contributed by atoms with E-state index in [-0.39, 0.29) is 24.1 Å². The van der Waals surface area contributed by atoms with Gasteiger partial charge in [0.25, 0.3) is 0 Å². The zero-order chi connectivity index (χ0) is 14.6. The molecule has 0 aromatic carbocycles. The van der Waals surface area contributed by atoms with E-state index in [1.54, 1.807) is 14.0 Å². The summed E-state index contributed by atoms with van der Waals surface area (Å²) in [6.07, 6.45) is -4.48. The van der Waals surface area contributed by atoms with Crippen molar-refractivity contribution in [2.75, 3.05) is 18.5 Å². The van der Waals surface area contributed by atoms with Crippen molar-refractivity contribution >= 4 is 11.7 Å². The summed E-state index contributed by atoms with van der Waals surface area (Å²) >= 11 is 0. The molecule has 0 bridgehead atoms. The molecule has 106 valence electrons. The van der Waals surface area contributed by atoms with Crippen molar-refractivity contribution in [1.29, 1.82) is 0 Å². The summed E-state index contributed by atoms with van der Waals surface area (Å²) in [6, 6.07) is 3.66. The minimum absolute atomic E-state index is 0.0128. The molecule has 0 spiro atoms. The normalized spacial score (nSPS) is 14.3. The van der Waals surface area contributed by atoms with E-state index >= 15 is 0 Å². The van der Waals surface area contributed by atoms with Gasteiger partial charge >= 0.3 is 6.18 Å². The minimum atomic E-state index is -4.48.